The molecular weight excluding hydrogens is 658 g/mol. The minimum absolute atomic E-state index is 0.0881. The second kappa shape index (κ2) is 12.1. The lowest BCUT2D eigenvalue weighted by atomic mass is 9.67. The molecule has 0 saturated carbocycles. The molecule has 0 spiro atoms. The van der Waals surface area contributed by atoms with Crippen LogP contribution in [-0.2, 0) is 5.41 Å². The summed E-state index contributed by atoms with van der Waals surface area (Å²) in [7, 11) is 0. The van der Waals surface area contributed by atoms with Crippen LogP contribution in [0.3, 0.4) is 0 Å². The van der Waals surface area contributed by atoms with Crippen LogP contribution in [0.4, 0.5) is 17.1 Å². The normalized spacial score (nSPS) is 13.9. The molecule has 1 aliphatic rings. The zero-order valence-electron chi connectivity index (χ0n) is 30.5. The maximum absolute atomic E-state index is 9.51. The van der Waals surface area contributed by atoms with E-state index in [9.17, 15) is 5.48 Å². The van der Waals surface area contributed by atoms with Crippen LogP contribution in [-0.4, -0.2) is 0 Å². The summed E-state index contributed by atoms with van der Waals surface area (Å²) in [5, 5.41) is 1.98. The molecule has 0 amide bonds. The predicted octanol–water partition coefficient (Wildman–Crippen LogP) is 13.1. The molecule has 0 N–H and O–H groups in total. The van der Waals surface area contributed by atoms with Gasteiger partial charge in [-0.05, 0) is 110 Å². The molecule has 0 radical (unpaired) electrons. The maximum Gasteiger partial charge on any atom is 0.0714 e. The Morgan fingerprint density at radius 2 is 1.02 bits per heavy atom. The van der Waals surface area contributed by atoms with Crippen molar-refractivity contribution in [2.45, 2.75) is 5.41 Å². The third-order valence-corrected chi connectivity index (χ3v) is 10.1. The molecule has 8 aromatic carbocycles. The molecule has 49 heavy (non-hydrogen) atoms. The van der Waals surface area contributed by atoms with Gasteiger partial charge < -0.3 is 4.90 Å². The summed E-state index contributed by atoms with van der Waals surface area (Å²) in [4.78, 5) is 1.88. The van der Waals surface area contributed by atoms with Crippen molar-refractivity contribution in [1.82, 2.24) is 0 Å². The fourth-order valence-corrected chi connectivity index (χ4v) is 7.87. The lowest BCUT2D eigenvalue weighted by Crippen LogP contribution is -2.28. The van der Waals surface area contributed by atoms with Gasteiger partial charge in [-0.25, -0.2) is 0 Å². The van der Waals surface area contributed by atoms with Gasteiger partial charge in [0.15, 0.2) is 0 Å². The van der Waals surface area contributed by atoms with Gasteiger partial charge in [-0.3, -0.25) is 0 Å². The fraction of sp³-hybridized carbons (Fsp3) is 0.0213. The van der Waals surface area contributed by atoms with E-state index >= 15 is 0 Å². The molecule has 0 unspecified atom stereocenters. The highest BCUT2D eigenvalue weighted by Crippen LogP contribution is 2.57. The van der Waals surface area contributed by atoms with Crippen LogP contribution in [0.1, 0.15) is 27.7 Å². The summed E-state index contributed by atoms with van der Waals surface area (Å²) in [5.74, 6) is 0. The largest absolute Gasteiger partial charge is 0.310 e. The zero-order valence-corrected chi connectivity index (χ0v) is 28.1. The standard InChI is InChI=1S/C47H32BrN/c48-39-25-22-35-30-34(20-21-36(35)31-39)33-23-26-41(27-24-33)49(40-16-8-3-9-17-40)42-28-29-44-43-18-10-11-19-45(43)47(46(44)32-42,37-12-4-1-5-13-37)38-14-6-2-7-15-38/h1-32H/i23D,24D,26D,27D. The maximum atomic E-state index is 9.51. The van der Waals surface area contributed by atoms with Gasteiger partial charge >= 0.3 is 0 Å². The number of anilines is 3. The van der Waals surface area contributed by atoms with E-state index in [1.54, 1.807) is 0 Å². The Hall–Kier alpha value is -5.70. The smallest absolute Gasteiger partial charge is 0.0714 e. The van der Waals surface area contributed by atoms with Crippen LogP contribution in [0.2, 0.25) is 0 Å². The van der Waals surface area contributed by atoms with Crippen molar-refractivity contribution in [2.24, 2.45) is 0 Å². The van der Waals surface area contributed by atoms with Crippen LogP contribution in [0, 0.1) is 0 Å². The summed E-state index contributed by atoms with van der Waals surface area (Å²) in [6.07, 6.45) is 0. The number of para-hydroxylation sites is 1. The van der Waals surface area contributed by atoms with Crippen molar-refractivity contribution >= 4 is 43.8 Å². The Bertz CT molecular complexity index is 2610. The summed E-state index contributed by atoms with van der Waals surface area (Å²) in [6, 6.07) is 57.2. The van der Waals surface area contributed by atoms with Crippen molar-refractivity contribution in [3.63, 3.8) is 0 Å². The van der Waals surface area contributed by atoms with Crippen LogP contribution >= 0.6 is 15.9 Å². The molecule has 1 aliphatic carbocycles. The number of hydrogen-bond donors (Lipinski definition) is 0. The first-order valence-electron chi connectivity index (χ1n) is 18.4. The highest BCUT2D eigenvalue weighted by molar-refractivity contribution is 9.10. The SMILES string of the molecule is [2H]c1c([2H])c(N(c2ccccc2)c2ccc3c(c2)C(c2ccccc2)(c2ccccc2)c2ccccc2-3)c([2H])c([2H])c1-c1ccc2cc(Br)ccc2c1. The Morgan fingerprint density at radius 1 is 0.429 bits per heavy atom. The van der Waals surface area contributed by atoms with Crippen molar-refractivity contribution in [1.29, 1.82) is 0 Å². The van der Waals surface area contributed by atoms with Gasteiger partial charge in [0.25, 0.3) is 0 Å². The number of nitrogens with zero attached hydrogens (tertiary/aromatic N) is 1. The summed E-state index contributed by atoms with van der Waals surface area (Å²) < 4.78 is 38.7. The molecule has 0 atom stereocenters. The second-order valence-electron chi connectivity index (χ2n) is 12.4. The fourth-order valence-electron chi connectivity index (χ4n) is 7.49. The average molecular weight is 695 g/mol. The van der Waals surface area contributed by atoms with Gasteiger partial charge in [-0.2, -0.15) is 0 Å². The van der Waals surface area contributed by atoms with Crippen molar-refractivity contribution in [2.75, 3.05) is 4.90 Å². The van der Waals surface area contributed by atoms with Gasteiger partial charge in [0.05, 0.1) is 10.9 Å². The van der Waals surface area contributed by atoms with Gasteiger partial charge in [-0.15, -0.1) is 0 Å². The Morgan fingerprint density at radius 3 is 1.73 bits per heavy atom. The summed E-state index contributed by atoms with van der Waals surface area (Å²) in [5.41, 5.74) is 8.76. The van der Waals surface area contributed by atoms with Crippen molar-refractivity contribution in [3.05, 3.63) is 221 Å². The molecule has 0 heterocycles. The molecule has 0 saturated heterocycles. The third kappa shape index (κ3) is 4.91. The van der Waals surface area contributed by atoms with E-state index in [1.807, 2.05) is 89.8 Å². The topological polar surface area (TPSA) is 3.24 Å². The van der Waals surface area contributed by atoms with E-state index in [-0.39, 0.29) is 35.4 Å². The first-order valence-corrected chi connectivity index (χ1v) is 17.2. The van der Waals surface area contributed by atoms with E-state index in [4.69, 9.17) is 0 Å². The molecular formula is C47H32BrN. The molecule has 9 rings (SSSR count). The molecule has 0 aromatic heterocycles. The van der Waals surface area contributed by atoms with Crippen LogP contribution in [0.15, 0.2) is 199 Å². The van der Waals surface area contributed by atoms with Crippen molar-refractivity contribution < 1.29 is 5.48 Å². The minimum Gasteiger partial charge on any atom is -0.310 e. The Kier molecular flexibility index (Phi) is 6.24. The van der Waals surface area contributed by atoms with Crippen LogP contribution in [0.5, 0.6) is 0 Å². The predicted molar refractivity (Wildman–Crippen MR) is 209 cm³/mol. The number of rotatable bonds is 6. The van der Waals surface area contributed by atoms with E-state index < -0.39 is 5.41 Å². The molecule has 1 nitrogen and oxygen atoms in total. The first-order chi connectivity index (χ1) is 25.9. The Balaban J connectivity index is 1.30. The molecule has 232 valence electrons. The molecule has 2 heteroatoms. The molecule has 0 fully saturated rings. The summed E-state index contributed by atoms with van der Waals surface area (Å²) >= 11 is 3.54. The van der Waals surface area contributed by atoms with E-state index in [0.29, 0.717) is 5.56 Å². The lowest BCUT2D eigenvalue weighted by Gasteiger charge is -2.35. The number of benzene rings is 8. The van der Waals surface area contributed by atoms with E-state index in [2.05, 4.69) is 101 Å². The van der Waals surface area contributed by atoms with Crippen molar-refractivity contribution in [3.8, 4) is 22.3 Å². The van der Waals surface area contributed by atoms with Gasteiger partial charge in [-0.1, -0.05) is 155 Å². The van der Waals surface area contributed by atoms with Crippen LogP contribution < -0.4 is 4.90 Å². The number of hydrogen-bond acceptors (Lipinski definition) is 1. The molecule has 8 aromatic rings. The van der Waals surface area contributed by atoms with E-state index in [0.717, 1.165) is 54.4 Å². The second-order valence-corrected chi connectivity index (χ2v) is 13.3. The van der Waals surface area contributed by atoms with Gasteiger partial charge in [0.1, 0.15) is 0 Å². The highest BCUT2D eigenvalue weighted by Gasteiger charge is 2.46. The number of fused-ring (bicyclic) bond motifs is 4. The zero-order chi connectivity index (χ0) is 36.3. The quantitative estimate of drug-likeness (QED) is 0.167. The average Bonchev–Trinajstić information content (AvgIpc) is 3.50. The Labute approximate surface area is 301 Å². The monoisotopic (exact) mass is 693 g/mol. The molecule has 0 aliphatic heterocycles. The van der Waals surface area contributed by atoms with Crippen LogP contribution in [0.25, 0.3) is 33.0 Å². The van der Waals surface area contributed by atoms with E-state index in [1.165, 1.54) is 5.56 Å². The molecule has 0 bridgehead atoms. The van der Waals surface area contributed by atoms with Gasteiger partial charge in [0.2, 0.25) is 0 Å². The highest BCUT2D eigenvalue weighted by atomic mass is 79.9. The summed E-state index contributed by atoms with van der Waals surface area (Å²) in [6.45, 7) is 0. The minimum atomic E-state index is -0.642. The first kappa shape index (κ1) is 25.3. The lowest BCUT2D eigenvalue weighted by molar-refractivity contribution is 0.768. The number of halogens is 1. The third-order valence-electron chi connectivity index (χ3n) is 9.64. The van der Waals surface area contributed by atoms with Gasteiger partial charge in [0, 0.05) is 21.5 Å².